The summed E-state index contributed by atoms with van der Waals surface area (Å²) in [6.07, 6.45) is 1.16. The van der Waals surface area contributed by atoms with E-state index < -0.39 is 0 Å². The zero-order valence-corrected chi connectivity index (χ0v) is 8.69. The molecule has 2 nitrogen and oxygen atoms in total. The van der Waals surface area contributed by atoms with Gasteiger partial charge in [0.1, 0.15) is 0 Å². The van der Waals surface area contributed by atoms with Crippen LogP contribution in [0.3, 0.4) is 0 Å². The van der Waals surface area contributed by atoms with Gasteiger partial charge >= 0.3 is 0 Å². The van der Waals surface area contributed by atoms with Crippen LogP contribution in [0.15, 0.2) is 30.3 Å². The lowest BCUT2D eigenvalue weighted by atomic mass is 9.96. The number of benzene rings is 1. The van der Waals surface area contributed by atoms with Crippen LogP contribution in [0.25, 0.3) is 0 Å². The van der Waals surface area contributed by atoms with Gasteiger partial charge in [0.05, 0.1) is 0 Å². The number of hydrogen-bond donors (Lipinski definition) is 1. The first-order valence-electron chi connectivity index (χ1n) is 5.31. The average Bonchev–Trinajstić information content (AvgIpc) is 2.18. The molecule has 1 aromatic rings. The minimum atomic E-state index is 0.332. The molecule has 1 saturated heterocycles. The highest BCUT2D eigenvalue weighted by molar-refractivity contribution is 5.46. The second-order valence-corrected chi connectivity index (χ2v) is 4.34. The SMILES string of the molecule is CC1CC(N)CN(c2ccccc2)C1. The Morgan fingerprint density at radius 2 is 1.93 bits per heavy atom. The van der Waals surface area contributed by atoms with E-state index >= 15 is 0 Å². The molecule has 2 heteroatoms. The summed E-state index contributed by atoms with van der Waals surface area (Å²) >= 11 is 0. The second-order valence-electron chi connectivity index (χ2n) is 4.34. The number of rotatable bonds is 1. The molecule has 2 N–H and O–H groups in total. The predicted octanol–water partition coefficient (Wildman–Crippen LogP) is 1.86. The van der Waals surface area contributed by atoms with Crippen LogP contribution >= 0.6 is 0 Å². The van der Waals surface area contributed by atoms with E-state index in [1.165, 1.54) is 5.69 Å². The first-order valence-corrected chi connectivity index (χ1v) is 5.31. The number of hydrogen-bond acceptors (Lipinski definition) is 2. The van der Waals surface area contributed by atoms with Crippen molar-refractivity contribution in [3.8, 4) is 0 Å². The molecular formula is C12H18N2. The predicted molar refractivity (Wildman–Crippen MR) is 60.4 cm³/mol. The number of para-hydroxylation sites is 1. The van der Waals surface area contributed by atoms with E-state index in [2.05, 4.69) is 42.2 Å². The highest BCUT2D eigenvalue weighted by Crippen LogP contribution is 2.21. The van der Waals surface area contributed by atoms with Crippen molar-refractivity contribution >= 4 is 5.69 Å². The molecule has 2 atom stereocenters. The molecule has 1 fully saturated rings. The summed E-state index contributed by atoms with van der Waals surface area (Å²) in [5.74, 6) is 0.707. The van der Waals surface area contributed by atoms with Crippen molar-refractivity contribution in [1.29, 1.82) is 0 Å². The van der Waals surface area contributed by atoms with Gasteiger partial charge in [-0.25, -0.2) is 0 Å². The first kappa shape index (κ1) is 9.53. The van der Waals surface area contributed by atoms with E-state index in [1.807, 2.05) is 0 Å². The van der Waals surface area contributed by atoms with Crippen LogP contribution < -0.4 is 10.6 Å². The maximum absolute atomic E-state index is 6.01. The van der Waals surface area contributed by atoms with Gasteiger partial charge in [-0.15, -0.1) is 0 Å². The minimum absolute atomic E-state index is 0.332. The van der Waals surface area contributed by atoms with Gasteiger partial charge in [-0.1, -0.05) is 25.1 Å². The Kier molecular flexibility index (Phi) is 2.73. The molecule has 0 aliphatic carbocycles. The van der Waals surface area contributed by atoms with Gasteiger partial charge in [0.2, 0.25) is 0 Å². The summed E-state index contributed by atoms with van der Waals surface area (Å²) in [5, 5.41) is 0. The van der Waals surface area contributed by atoms with Gasteiger partial charge in [-0.05, 0) is 24.5 Å². The Morgan fingerprint density at radius 3 is 2.57 bits per heavy atom. The summed E-state index contributed by atoms with van der Waals surface area (Å²) in [4.78, 5) is 2.39. The maximum atomic E-state index is 6.01. The Bertz CT molecular complexity index is 274. The minimum Gasteiger partial charge on any atom is -0.370 e. The van der Waals surface area contributed by atoms with Gasteiger partial charge in [0.15, 0.2) is 0 Å². The van der Waals surface area contributed by atoms with Crippen molar-refractivity contribution in [2.24, 2.45) is 11.7 Å². The molecule has 1 aliphatic rings. The normalized spacial score (nSPS) is 27.7. The second kappa shape index (κ2) is 4.01. The van der Waals surface area contributed by atoms with Crippen LogP contribution in [0.1, 0.15) is 13.3 Å². The summed E-state index contributed by atoms with van der Waals surface area (Å²) in [6.45, 7) is 4.40. The molecular weight excluding hydrogens is 172 g/mol. The Balaban J connectivity index is 2.11. The van der Waals surface area contributed by atoms with E-state index in [0.29, 0.717) is 12.0 Å². The maximum Gasteiger partial charge on any atom is 0.0366 e. The highest BCUT2D eigenvalue weighted by Gasteiger charge is 2.21. The fourth-order valence-corrected chi connectivity index (χ4v) is 2.25. The van der Waals surface area contributed by atoms with Crippen molar-refractivity contribution < 1.29 is 0 Å². The van der Waals surface area contributed by atoms with Crippen molar-refractivity contribution in [2.45, 2.75) is 19.4 Å². The lowest BCUT2D eigenvalue weighted by Crippen LogP contribution is -2.46. The van der Waals surface area contributed by atoms with E-state index in [9.17, 15) is 0 Å². The summed E-state index contributed by atoms with van der Waals surface area (Å²) in [6, 6.07) is 10.9. The zero-order chi connectivity index (χ0) is 9.97. The highest BCUT2D eigenvalue weighted by atomic mass is 15.2. The molecule has 0 spiro atoms. The Labute approximate surface area is 85.7 Å². The van der Waals surface area contributed by atoms with Gasteiger partial charge in [-0.2, -0.15) is 0 Å². The molecule has 1 aliphatic heterocycles. The van der Waals surface area contributed by atoms with E-state index in [0.717, 1.165) is 19.5 Å². The largest absolute Gasteiger partial charge is 0.370 e. The molecule has 1 heterocycles. The van der Waals surface area contributed by atoms with E-state index in [-0.39, 0.29) is 0 Å². The third kappa shape index (κ3) is 2.07. The van der Waals surface area contributed by atoms with Crippen molar-refractivity contribution in [2.75, 3.05) is 18.0 Å². The van der Waals surface area contributed by atoms with Crippen LogP contribution in [0.5, 0.6) is 0 Å². The molecule has 14 heavy (non-hydrogen) atoms. The standard InChI is InChI=1S/C12H18N2/c1-10-7-11(13)9-14(8-10)12-5-3-2-4-6-12/h2-6,10-11H,7-9,13H2,1H3. The van der Waals surface area contributed by atoms with Crippen molar-refractivity contribution in [3.05, 3.63) is 30.3 Å². The van der Waals surface area contributed by atoms with Gasteiger partial charge in [0.25, 0.3) is 0 Å². The fourth-order valence-electron chi connectivity index (χ4n) is 2.25. The summed E-state index contributed by atoms with van der Waals surface area (Å²) < 4.78 is 0. The molecule has 0 radical (unpaired) electrons. The number of nitrogens with zero attached hydrogens (tertiary/aromatic N) is 1. The van der Waals surface area contributed by atoms with Crippen LogP contribution in [-0.4, -0.2) is 19.1 Å². The lowest BCUT2D eigenvalue weighted by molar-refractivity contribution is 0.401. The quantitative estimate of drug-likeness (QED) is 0.732. The number of nitrogens with two attached hydrogens (primary N) is 1. The Hall–Kier alpha value is -1.02. The molecule has 0 bridgehead atoms. The van der Waals surface area contributed by atoms with E-state index in [4.69, 9.17) is 5.73 Å². The third-order valence-electron chi connectivity index (χ3n) is 2.81. The third-order valence-corrected chi connectivity index (χ3v) is 2.81. The molecule has 0 saturated carbocycles. The Morgan fingerprint density at radius 1 is 1.21 bits per heavy atom. The van der Waals surface area contributed by atoms with Crippen molar-refractivity contribution in [1.82, 2.24) is 0 Å². The average molecular weight is 190 g/mol. The topological polar surface area (TPSA) is 29.3 Å². The molecule has 0 aromatic heterocycles. The van der Waals surface area contributed by atoms with E-state index in [1.54, 1.807) is 0 Å². The van der Waals surface area contributed by atoms with Crippen LogP contribution in [-0.2, 0) is 0 Å². The molecule has 1 aromatic carbocycles. The monoisotopic (exact) mass is 190 g/mol. The molecule has 0 amide bonds. The smallest absolute Gasteiger partial charge is 0.0366 e. The lowest BCUT2D eigenvalue weighted by Gasteiger charge is -2.36. The number of piperidine rings is 1. The zero-order valence-electron chi connectivity index (χ0n) is 8.69. The first-order chi connectivity index (χ1) is 6.75. The van der Waals surface area contributed by atoms with Gasteiger partial charge in [0, 0.05) is 24.8 Å². The van der Waals surface area contributed by atoms with Crippen molar-refractivity contribution in [3.63, 3.8) is 0 Å². The summed E-state index contributed by atoms with van der Waals surface area (Å²) in [7, 11) is 0. The van der Waals surface area contributed by atoms with Crippen LogP contribution in [0.4, 0.5) is 5.69 Å². The fraction of sp³-hybridized carbons (Fsp3) is 0.500. The molecule has 76 valence electrons. The van der Waals surface area contributed by atoms with Gasteiger partial charge < -0.3 is 10.6 Å². The number of anilines is 1. The molecule has 2 rings (SSSR count). The van der Waals surface area contributed by atoms with Crippen LogP contribution in [0.2, 0.25) is 0 Å². The van der Waals surface area contributed by atoms with Crippen LogP contribution in [0, 0.1) is 5.92 Å². The summed E-state index contributed by atoms with van der Waals surface area (Å²) in [5.41, 5.74) is 7.31. The van der Waals surface area contributed by atoms with Gasteiger partial charge in [-0.3, -0.25) is 0 Å². The molecule has 2 unspecified atom stereocenters.